The number of aromatic nitrogens is 2. The highest BCUT2D eigenvalue weighted by Crippen LogP contribution is 2.33. The van der Waals surface area contributed by atoms with Gasteiger partial charge in [0, 0.05) is 30.2 Å². The first kappa shape index (κ1) is 17.0. The minimum absolute atomic E-state index is 0.461. The molecule has 1 fully saturated rings. The normalized spacial score (nSPS) is 17.3. The smallest absolute Gasteiger partial charge is 0.226 e. The number of benzene rings is 1. The molecule has 1 aromatic carbocycles. The van der Waals surface area contributed by atoms with E-state index in [1.807, 2.05) is 12.1 Å². The van der Waals surface area contributed by atoms with Crippen molar-refractivity contribution >= 4 is 29.3 Å². The third kappa shape index (κ3) is 3.81. The zero-order valence-corrected chi connectivity index (χ0v) is 15.2. The van der Waals surface area contributed by atoms with Gasteiger partial charge in [-0.05, 0) is 44.8 Å². The van der Waals surface area contributed by atoms with Crippen molar-refractivity contribution in [3.8, 4) is 6.07 Å². The van der Waals surface area contributed by atoms with Crippen LogP contribution < -0.4 is 4.90 Å². The number of nitriles is 1. The van der Waals surface area contributed by atoms with E-state index in [4.69, 9.17) is 16.9 Å². The van der Waals surface area contributed by atoms with E-state index in [9.17, 15) is 0 Å². The summed E-state index contributed by atoms with van der Waals surface area (Å²) >= 11 is 7.85. The molecule has 0 aliphatic carbocycles. The van der Waals surface area contributed by atoms with E-state index in [1.54, 1.807) is 18.3 Å². The second-order valence-electron chi connectivity index (χ2n) is 5.92. The van der Waals surface area contributed by atoms with Gasteiger partial charge in [-0.15, -0.1) is 0 Å². The second-order valence-corrected chi connectivity index (χ2v) is 7.39. The summed E-state index contributed by atoms with van der Waals surface area (Å²) < 4.78 is 0. The molecule has 0 amide bonds. The van der Waals surface area contributed by atoms with E-state index in [0.29, 0.717) is 22.7 Å². The molecule has 5 nitrogen and oxygen atoms in total. The highest BCUT2D eigenvalue weighted by molar-refractivity contribution is 7.99. The van der Waals surface area contributed by atoms with Gasteiger partial charge in [0.25, 0.3) is 0 Å². The van der Waals surface area contributed by atoms with Gasteiger partial charge in [0.2, 0.25) is 5.95 Å². The lowest BCUT2D eigenvalue weighted by Gasteiger charge is -2.20. The fourth-order valence-electron chi connectivity index (χ4n) is 2.63. The number of halogens is 1. The molecule has 124 valence electrons. The van der Waals surface area contributed by atoms with Crippen LogP contribution in [0.5, 0.6) is 0 Å². The van der Waals surface area contributed by atoms with Gasteiger partial charge in [-0.25, -0.2) is 4.98 Å². The lowest BCUT2D eigenvalue weighted by molar-refractivity contribution is 0.315. The Kier molecular flexibility index (Phi) is 5.24. The van der Waals surface area contributed by atoms with Crippen molar-refractivity contribution in [2.45, 2.75) is 22.3 Å². The first-order valence-corrected chi connectivity index (χ1v) is 8.88. The lowest BCUT2D eigenvalue weighted by atomic mass is 10.2. The Morgan fingerprint density at radius 3 is 2.67 bits per heavy atom. The molecule has 0 bridgehead atoms. The van der Waals surface area contributed by atoms with Gasteiger partial charge in [0.05, 0.1) is 16.5 Å². The Labute approximate surface area is 151 Å². The molecule has 1 unspecified atom stereocenters. The summed E-state index contributed by atoms with van der Waals surface area (Å²) in [6.07, 6.45) is 2.88. The first-order chi connectivity index (χ1) is 11.6. The molecule has 0 saturated carbocycles. The van der Waals surface area contributed by atoms with E-state index in [0.717, 1.165) is 29.3 Å². The van der Waals surface area contributed by atoms with Crippen molar-refractivity contribution in [2.24, 2.45) is 0 Å². The summed E-state index contributed by atoms with van der Waals surface area (Å²) in [4.78, 5) is 15.2. The molecule has 24 heavy (non-hydrogen) atoms. The molecule has 2 heterocycles. The summed E-state index contributed by atoms with van der Waals surface area (Å²) in [6.45, 7) is 1.87. The van der Waals surface area contributed by atoms with Gasteiger partial charge in [-0.2, -0.15) is 10.2 Å². The van der Waals surface area contributed by atoms with Gasteiger partial charge in [-0.3, -0.25) is 0 Å². The number of anilines is 1. The first-order valence-electron chi connectivity index (χ1n) is 7.69. The largest absolute Gasteiger partial charge is 0.339 e. The second kappa shape index (κ2) is 7.39. The maximum absolute atomic E-state index is 8.84. The molecule has 1 aromatic heterocycles. The number of hydrogen-bond acceptors (Lipinski definition) is 6. The minimum Gasteiger partial charge on any atom is -0.339 e. The number of hydrogen-bond donors (Lipinski definition) is 0. The highest BCUT2D eigenvalue weighted by Gasteiger charge is 2.26. The average Bonchev–Trinajstić information content (AvgIpc) is 3.08. The predicted molar refractivity (Wildman–Crippen MR) is 96.6 cm³/mol. The van der Waals surface area contributed by atoms with Crippen molar-refractivity contribution in [3.63, 3.8) is 0 Å². The van der Waals surface area contributed by atoms with Crippen molar-refractivity contribution in [3.05, 3.63) is 41.2 Å². The van der Waals surface area contributed by atoms with Crippen LogP contribution in [0, 0.1) is 11.3 Å². The molecule has 1 saturated heterocycles. The van der Waals surface area contributed by atoms with E-state index in [-0.39, 0.29) is 0 Å². The van der Waals surface area contributed by atoms with E-state index >= 15 is 0 Å². The summed E-state index contributed by atoms with van der Waals surface area (Å²) in [5.74, 6) is 0.688. The van der Waals surface area contributed by atoms with Gasteiger partial charge in [0.1, 0.15) is 5.15 Å². The SMILES string of the molecule is CN(C)C1CCN(c2ncc(Sc3ccc(C#N)cc3)c(Cl)n2)C1. The molecule has 3 rings (SSSR count). The fourth-order valence-corrected chi connectivity index (χ4v) is 3.63. The molecule has 0 spiro atoms. The Morgan fingerprint density at radius 2 is 2.08 bits per heavy atom. The molecule has 1 aliphatic heterocycles. The summed E-state index contributed by atoms with van der Waals surface area (Å²) in [7, 11) is 4.19. The monoisotopic (exact) mass is 359 g/mol. The van der Waals surface area contributed by atoms with Crippen LogP contribution in [0.3, 0.4) is 0 Å². The zero-order chi connectivity index (χ0) is 17.1. The number of rotatable bonds is 4. The van der Waals surface area contributed by atoms with Crippen LogP contribution in [0.1, 0.15) is 12.0 Å². The van der Waals surface area contributed by atoms with Gasteiger partial charge in [-0.1, -0.05) is 23.4 Å². The van der Waals surface area contributed by atoms with Crippen LogP contribution in [-0.4, -0.2) is 48.1 Å². The Morgan fingerprint density at radius 1 is 1.33 bits per heavy atom. The van der Waals surface area contributed by atoms with Gasteiger partial charge >= 0.3 is 0 Å². The van der Waals surface area contributed by atoms with Crippen molar-refractivity contribution in [2.75, 3.05) is 32.1 Å². The molecule has 1 aliphatic rings. The van der Waals surface area contributed by atoms with Crippen molar-refractivity contribution in [1.29, 1.82) is 5.26 Å². The third-order valence-corrected chi connectivity index (χ3v) is 5.51. The standard InChI is InChI=1S/C17H18ClN5S/c1-22(2)13-7-8-23(11-13)17-20-10-15(16(18)21-17)24-14-5-3-12(9-19)4-6-14/h3-6,10,13H,7-8,11H2,1-2H3. The summed E-state index contributed by atoms with van der Waals surface area (Å²) in [5, 5.41) is 9.30. The van der Waals surface area contributed by atoms with Gasteiger partial charge in [0.15, 0.2) is 0 Å². The minimum atomic E-state index is 0.461. The Balaban J connectivity index is 1.72. The average molecular weight is 360 g/mol. The van der Waals surface area contributed by atoms with E-state index in [1.165, 1.54) is 11.8 Å². The van der Waals surface area contributed by atoms with E-state index in [2.05, 4.69) is 39.9 Å². The quantitative estimate of drug-likeness (QED) is 0.781. The molecule has 0 N–H and O–H groups in total. The zero-order valence-electron chi connectivity index (χ0n) is 13.6. The summed E-state index contributed by atoms with van der Waals surface area (Å²) in [5.41, 5.74) is 0.640. The predicted octanol–water partition coefficient (Wildman–Crippen LogP) is 3.29. The number of nitrogens with zero attached hydrogens (tertiary/aromatic N) is 5. The van der Waals surface area contributed by atoms with Crippen LogP contribution in [0.15, 0.2) is 40.3 Å². The summed E-state index contributed by atoms with van der Waals surface area (Å²) in [6, 6.07) is 10.0. The molecule has 7 heteroatoms. The Bertz CT molecular complexity index is 757. The molecule has 1 atom stereocenters. The van der Waals surface area contributed by atoms with Crippen LogP contribution in [0.2, 0.25) is 5.15 Å². The topological polar surface area (TPSA) is 56.0 Å². The van der Waals surface area contributed by atoms with Crippen molar-refractivity contribution in [1.82, 2.24) is 14.9 Å². The maximum Gasteiger partial charge on any atom is 0.226 e. The van der Waals surface area contributed by atoms with Crippen molar-refractivity contribution < 1.29 is 0 Å². The molecule has 0 radical (unpaired) electrons. The Hall–Kier alpha value is -1.81. The van der Waals surface area contributed by atoms with Gasteiger partial charge < -0.3 is 9.80 Å². The van der Waals surface area contributed by atoms with Crippen LogP contribution in [0.25, 0.3) is 0 Å². The molecular formula is C17H18ClN5S. The lowest BCUT2D eigenvalue weighted by Crippen LogP contribution is -2.32. The number of likely N-dealkylation sites (N-methyl/N-ethyl adjacent to an activating group) is 1. The van der Waals surface area contributed by atoms with Crippen LogP contribution in [0.4, 0.5) is 5.95 Å². The highest BCUT2D eigenvalue weighted by atomic mass is 35.5. The third-order valence-electron chi connectivity index (χ3n) is 4.09. The van der Waals surface area contributed by atoms with Crippen LogP contribution >= 0.6 is 23.4 Å². The van der Waals surface area contributed by atoms with Crippen LogP contribution in [-0.2, 0) is 0 Å². The maximum atomic E-state index is 8.84. The molecule has 2 aromatic rings. The molecular weight excluding hydrogens is 342 g/mol. The fraction of sp³-hybridized carbons (Fsp3) is 0.353. The van der Waals surface area contributed by atoms with E-state index < -0.39 is 0 Å².